The first-order valence-electron chi connectivity index (χ1n) is 5.54. The molecule has 5 heteroatoms. The molecule has 2 fully saturated rings. The molecule has 86 valence electrons. The summed E-state index contributed by atoms with van der Waals surface area (Å²) < 4.78 is 0. The fourth-order valence-corrected chi connectivity index (χ4v) is 2.86. The number of piperazine rings is 1. The van der Waals surface area contributed by atoms with Crippen LogP contribution in [0.2, 0.25) is 10.2 Å². The van der Waals surface area contributed by atoms with Crippen molar-refractivity contribution in [1.29, 1.82) is 0 Å². The van der Waals surface area contributed by atoms with Gasteiger partial charge in [0.2, 0.25) is 0 Å². The summed E-state index contributed by atoms with van der Waals surface area (Å²) in [6.45, 7) is 2.08. The molecule has 2 aliphatic rings. The van der Waals surface area contributed by atoms with Crippen molar-refractivity contribution in [3.05, 3.63) is 22.4 Å². The maximum absolute atomic E-state index is 5.98. The molecular formula is C11H13Cl2N3. The van der Waals surface area contributed by atoms with Crippen molar-refractivity contribution in [1.82, 2.24) is 10.3 Å². The fraction of sp³-hybridized carbons (Fsp3) is 0.545. The van der Waals surface area contributed by atoms with E-state index in [4.69, 9.17) is 23.2 Å². The molecule has 1 aromatic rings. The predicted octanol–water partition coefficient (Wildman–Crippen LogP) is 2.33. The smallest absolute Gasteiger partial charge is 0.147 e. The minimum Gasteiger partial charge on any atom is -0.367 e. The normalized spacial score (nSPS) is 28.5. The van der Waals surface area contributed by atoms with Crippen LogP contribution >= 0.6 is 23.2 Å². The van der Waals surface area contributed by atoms with Gasteiger partial charge in [-0.15, -0.1) is 0 Å². The van der Waals surface area contributed by atoms with E-state index >= 15 is 0 Å². The standard InChI is InChI=1S/C11H13Cl2N3/c12-10-3-9(4-14-11(10)13)16-5-7-1-2-8(6-16)15-7/h3-4,7-8,15H,1-2,5-6H2. The lowest BCUT2D eigenvalue weighted by molar-refractivity contribution is 0.465. The largest absolute Gasteiger partial charge is 0.367 e. The second-order valence-electron chi connectivity index (χ2n) is 4.51. The van der Waals surface area contributed by atoms with Gasteiger partial charge >= 0.3 is 0 Å². The highest BCUT2D eigenvalue weighted by Gasteiger charge is 2.32. The van der Waals surface area contributed by atoms with E-state index in [2.05, 4.69) is 15.2 Å². The minimum atomic E-state index is 0.378. The van der Waals surface area contributed by atoms with E-state index in [9.17, 15) is 0 Å². The first kappa shape index (κ1) is 10.6. The summed E-state index contributed by atoms with van der Waals surface area (Å²) >= 11 is 11.8. The summed E-state index contributed by atoms with van der Waals surface area (Å²) in [5, 5.41) is 4.51. The van der Waals surface area contributed by atoms with Crippen molar-refractivity contribution in [2.45, 2.75) is 24.9 Å². The molecule has 1 N–H and O–H groups in total. The molecule has 1 aromatic heterocycles. The van der Waals surface area contributed by atoms with Crippen molar-refractivity contribution >= 4 is 28.9 Å². The molecule has 16 heavy (non-hydrogen) atoms. The van der Waals surface area contributed by atoms with Crippen LogP contribution in [-0.2, 0) is 0 Å². The molecule has 0 saturated carbocycles. The quantitative estimate of drug-likeness (QED) is 0.783. The lowest BCUT2D eigenvalue weighted by atomic mass is 10.2. The number of rotatable bonds is 1. The average Bonchev–Trinajstić information content (AvgIpc) is 2.62. The molecule has 2 aliphatic heterocycles. The van der Waals surface area contributed by atoms with Crippen molar-refractivity contribution in [3.63, 3.8) is 0 Å². The van der Waals surface area contributed by atoms with Gasteiger partial charge in [-0.25, -0.2) is 4.98 Å². The third-order valence-corrected chi connectivity index (χ3v) is 4.05. The van der Waals surface area contributed by atoms with Gasteiger partial charge in [0.15, 0.2) is 0 Å². The Bertz CT molecular complexity index is 398. The molecule has 0 amide bonds. The Hall–Kier alpha value is -0.510. The highest BCUT2D eigenvalue weighted by atomic mass is 35.5. The number of pyridine rings is 1. The van der Waals surface area contributed by atoms with E-state index in [0.717, 1.165) is 18.8 Å². The number of hydrogen-bond donors (Lipinski definition) is 1. The molecule has 0 spiro atoms. The summed E-state index contributed by atoms with van der Waals surface area (Å²) in [6.07, 6.45) is 4.35. The van der Waals surface area contributed by atoms with Crippen LogP contribution in [0.4, 0.5) is 5.69 Å². The van der Waals surface area contributed by atoms with Gasteiger partial charge in [0.25, 0.3) is 0 Å². The van der Waals surface area contributed by atoms with Crippen LogP contribution in [0.1, 0.15) is 12.8 Å². The van der Waals surface area contributed by atoms with Crippen molar-refractivity contribution in [3.8, 4) is 0 Å². The number of halogens is 2. The van der Waals surface area contributed by atoms with E-state index in [-0.39, 0.29) is 0 Å². The maximum Gasteiger partial charge on any atom is 0.147 e. The summed E-state index contributed by atoms with van der Waals surface area (Å²) in [4.78, 5) is 6.44. The highest BCUT2D eigenvalue weighted by Crippen LogP contribution is 2.28. The summed E-state index contributed by atoms with van der Waals surface area (Å²) in [5.74, 6) is 0. The van der Waals surface area contributed by atoms with Crippen molar-refractivity contribution < 1.29 is 0 Å². The van der Waals surface area contributed by atoms with E-state index in [0.29, 0.717) is 22.3 Å². The zero-order valence-electron chi connectivity index (χ0n) is 8.79. The fourth-order valence-electron chi connectivity index (χ4n) is 2.59. The molecule has 2 saturated heterocycles. The zero-order valence-corrected chi connectivity index (χ0v) is 10.3. The molecule has 0 radical (unpaired) electrons. The van der Waals surface area contributed by atoms with Gasteiger partial charge < -0.3 is 10.2 Å². The van der Waals surface area contributed by atoms with Gasteiger partial charge in [0.05, 0.1) is 16.9 Å². The first-order chi connectivity index (χ1) is 7.72. The van der Waals surface area contributed by atoms with Gasteiger partial charge in [-0.2, -0.15) is 0 Å². The molecule has 2 atom stereocenters. The van der Waals surface area contributed by atoms with Gasteiger partial charge in [-0.05, 0) is 18.9 Å². The summed E-state index contributed by atoms with van der Waals surface area (Å²) in [5.41, 5.74) is 1.08. The summed E-state index contributed by atoms with van der Waals surface area (Å²) in [6, 6.07) is 3.14. The second kappa shape index (κ2) is 4.06. The Morgan fingerprint density at radius 3 is 2.56 bits per heavy atom. The summed E-state index contributed by atoms with van der Waals surface area (Å²) in [7, 11) is 0. The third kappa shape index (κ3) is 1.88. The molecular weight excluding hydrogens is 245 g/mol. The van der Waals surface area contributed by atoms with E-state index in [1.807, 2.05) is 6.07 Å². The second-order valence-corrected chi connectivity index (χ2v) is 5.27. The lowest BCUT2D eigenvalue weighted by Gasteiger charge is -2.34. The first-order valence-corrected chi connectivity index (χ1v) is 6.30. The molecule has 2 unspecified atom stereocenters. The van der Waals surface area contributed by atoms with Crippen molar-refractivity contribution in [2.24, 2.45) is 0 Å². The van der Waals surface area contributed by atoms with Crippen LogP contribution in [-0.4, -0.2) is 30.2 Å². The molecule has 3 rings (SSSR count). The van der Waals surface area contributed by atoms with Crippen molar-refractivity contribution in [2.75, 3.05) is 18.0 Å². The van der Waals surface area contributed by atoms with Crippen LogP contribution in [0, 0.1) is 0 Å². The van der Waals surface area contributed by atoms with Gasteiger partial charge in [-0.1, -0.05) is 23.2 Å². The van der Waals surface area contributed by atoms with Crippen LogP contribution in [0.5, 0.6) is 0 Å². The van der Waals surface area contributed by atoms with Gasteiger partial charge in [0, 0.05) is 25.2 Å². The van der Waals surface area contributed by atoms with Crippen LogP contribution in [0.3, 0.4) is 0 Å². The lowest BCUT2D eigenvalue weighted by Crippen LogP contribution is -2.51. The van der Waals surface area contributed by atoms with Crippen LogP contribution < -0.4 is 10.2 Å². The average molecular weight is 258 g/mol. The number of nitrogens with one attached hydrogen (secondary N) is 1. The van der Waals surface area contributed by atoms with Gasteiger partial charge in [0.1, 0.15) is 5.15 Å². The molecule has 2 bridgehead atoms. The molecule has 3 heterocycles. The van der Waals surface area contributed by atoms with E-state index in [1.54, 1.807) is 6.20 Å². The third-order valence-electron chi connectivity index (χ3n) is 3.36. The zero-order chi connectivity index (χ0) is 11.1. The predicted molar refractivity (Wildman–Crippen MR) is 66.4 cm³/mol. The monoisotopic (exact) mass is 257 g/mol. The SMILES string of the molecule is Clc1cc(N2CC3CCC(C2)N3)cnc1Cl. The minimum absolute atomic E-state index is 0.378. The topological polar surface area (TPSA) is 28.2 Å². The maximum atomic E-state index is 5.98. The van der Waals surface area contributed by atoms with E-state index in [1.165, 1.54) is 12.8 Å². The Balaban J connectivity index is 1.84. The molecule has 3 nitrogen and oxygen atoms in total. The number of anilines is 1. The number of nitrogens with zero attached hydrogens (tertiary/aromatic N) is 2. The van der Waals surface area contributed by atoms with E-state index < -0.39 is 0 Å². The molecule has 0 aliphatic carbocycles. The highest BCUT2D eigenvalue weighted by molar-refractivity contribution is 6.41. The molecule has 0 aromatic carbocycles. The number of aromatic nitrogens is 1. The van der Waals surface area contributed by atoms with Crippen LogP contribution in [0.15, 0.2) is 12.3 Å². The van der Waals surface area contributed by atoms with Gasteiger partial charge in [-0.3, -0.25) is 0 Å². The Kier molecular flexibility index (Phi) is 2.70. The Morgan fingerprint density at radius 2 is 1.94 bits per heavy atom. The van der Waals surface area contributed by atoms with Crippen LogP contribution in [0.25, 0.3) is 0 Å². The Labute approximate surface area is 105 Å². The Morgan fingerprint density at radius 1 is 1.25 bits per heavy atom. The number of fused-ring (bicyclic) bond motifs is 2. The number of hydrogen-bond acceptors (Lipinski definition) is 3.